The van der Waals surface area contributed by atoms with Crippen molar-refractivity contribution in [2.45, 2.75) is 51.6 Å². The van der Waals surface area contributed by atoms with E-state index in [0.717, 1.165) is 16.7 Å². The molecule has 0 saturated heterocycles. The minimum Gasteiger partial charge on any atom is -0.345 e. The molecule has 7 heteroatoms. The first-order valence-electron chi connectivity index (χ1n) is 8.71. The fourth-order valence-electron chi connectivity index (χ4n) is 2.80. The van der Waals surface area contributed by atoms with Crippen LogP contribution in [-0.2, 0) is 10.0 Å². The van der Waals surface area contributed by atoms with Crippen LogP contribution in [0.5, 0.6) is 0 Å². The molecule has 0 aliphatic carbocycles. The molecule has 0 radical (unpaired) electrons. The molecular formula is C20H25ClN2O3S. The summed E-state index contributed by atoms with van der Waals surface area (Å²) < 4.78 is 27.2. The van der Waals surface area contributed by atoms with Crippen molar-refractivity contribution in [1.82, 2.24) is 10.0 Å². The highest BCUT2D eigenvalue weighted by molar-refractivity contribution is 7.89. The first-order valence-corrected chi connectivity index (χ1v) is 10.6. The largest absolute Gasteiger partial charge is 0.345 e. The van der Waals surface area contributed by atoms with Gasteiger partial charge in [0.15, 0.2) is 0 Å². The number of carbonyl (C=O) groups excluding carboxylic acids is 1. The maximum atomic E-state index is 12.7. The summed E-state index contributed by atoms with van der Waals surface area (Å²) >= 11 is 6.16. The van der Waals surface area contributed by atoms with E-state index >= 15 is 0 Å². The van der Waals surface area contributed by atoms with Gasteiger partial charge in [0, 0.05) is 6.04 Å². The van der Waals surface area contributed by atoms with E-state index in [1.165, 1.54) is 18.2 Å². The Kier molecular flexibility index (Phi) is 6.68. The van der Waals surface area contributed by atoms with Crippen LogP contribution in [0.3, 0.4) is 0 Å². The maximum Gasteiger partial charge on any atom is 0.253 e. The average Bonchev–Trinajstić information content (AvgIpc) is 2.55. The van der Waals surface area contributed by atoms with E-state index in [4.69, 9.17) is 11.6 Å². The Balaban J connectivity index is 2.31. The van der Waals surface area contributed by atoms with Crippen molar-refractivity contribution in [3.05, 3.63) is 63.7 Å². The Morgan fingerprint density at radius 1 is 1.04 bits per heavy atom. The van der Waals surface area contributed by atoms with Crippen LogP contribution in [-0.4, -0.2) is 20.4 Å². The number of amides is 1. The molecule has 0 saturated carbocycles. The van der Waals surface area contributed by atoms with Crippen LogP contribution < -0.4 is 10.0 Å². The van der Waals surface area contributed by atoms with Crippen molar-refractivity contribution in [3.63, 3.8) is 0 Å². The van der Waals surface area contributed by atoms with Gasteiger partial charge >= 0.3 is 0 Å². The van der Waals surface area contributed by atoms with Crippen LogP contribution in [0.25, 0.3) is 0 Å². The minimum atomic E-state index is -3.71. The molecule has 0 bridgehead atoms. The number of halogens is 1. The Labute approximate surface area is 166 Å². The van der Waals surface area contributed by atoms with E-state index in [1.54, 1.807) is 13.8 Å². The number of nitrogens with one attached hydrogen (secondary N) is 2. The Hall–Kier alpha value is -1.89. The van der Waals surface area contributed by atoms with Crippen LogP contribution in [0.4, 0.5) is 0 Å². The Bertz CT molecular complexity index is 956. The van der Waals surface area contributed by atoms with Gasteiger partial charge in [-0.3, -0.25) is 4.79 Å². The molecule has 27 heavy (non-hydrogen) atoms. The van der Waals surface area contributed by atoms with Gasteiger partial charge in [0.05, 0.1) is 21.5 Å². The lowest BCUT2D eigenvalue weighted by molar-refractivity contribution is 0.0939. The van der Waals surface area contributed by atoms with Crippen molar-refractivity contribution >= 4 is 27.5 Å². The number of hydrogen-bond donors (Lipinski definition) is 2. The highest BCUT2D eigenvalue weighted by Gasteiger charge is 2.21. The van der Waals surface area contributed by atoms with Crippen LogP contribution in [0.2, 0.25) is 5.02 Å². The maximum absolute atomic E-state index is 12.7. The number of benzene rings is 2. The number of carbonyl (C=O) groups is 1. The lowest BCUT2D eigenvalue weighted by Crippen LogP contribution is -2.31. The van der Waals surface area contributed by atoms with Crippen molar-refractivity contribution in [2.24, 2.45) is 0 Å². The SMILES string of the molecule is Cc1ccc(C)c(C(C)NC(=O)c2cc(S(=O)(=O)NC(C)C)ccc2Cl)c1. The molecule has 5 nitrogen and oxygen atoms in total. The molecule has 0 fully saturated rings. The predicted molar refractivity (Wildman–Crippen MR) is 109 cm³/mol. The zero-order valence-electron chi connectivity index (χ0n) is 16.1. The van der Waals surface area contributed by atoms with Gasteiger partial charge in [0.25, 0.3) is 5.91 Å². The quantitative estimate of drug-likeness (QED) is 0.754. The second kappa shape index (κ2) is 8.42. The van der Waals surface area contributed by atoms with Gasteiger partial charge in [-0.15, -0.1) is 0 Å². The summed E-state index contributed by atoms with van der Waals surface area (Å²) in [7, 11) is -3.71. The minimum absolute atomic E-state index is 0.00476. The first kappa shape index (κ1) is 21.4. The van der Waals surface area contributed by atoms with Gasteiger partial charge in [-0.05, 0) is 63.9 Å². The fraction of sp³-hybridized carbons (Fsp3) is 0.350. The summed E-state index contributed by atoms with van der Waals surface area (Å²) in [4.78, 5) is 12.7. The molecule has 2 rings (SSSR count). The van der Waals surface area contributed by atoms with Gasteiger partial charge in [-0.2, -0.15) is 0 Å². The monoisotopic (exact) mass is 408 g/mol. The van der Waals surface area contributed by atoms with E-state index in [9.17, 15) is 13.2 Å². The first-order chi connectivity index (χ1) is 12.5. The molecule has 1 atom stereocenters. The second-order valence-electron chi connectivity index (χ2n) is 6.97. The molecule has 2 aromatic rings. The number of sulfonamides is 1. The molecule has 2 N–H and O–H groups in total. The molecule has 1 unspecified atom stereocenters. The molecule has 0 spiro atoms. The summed E-state index contributed by atoms with van der Waals surface area (Å²) in [6.45, 7) is 9.31. The topological polar surface area (TPSA) is 75.3 Å². The molecule has 146 valence electrons. The van der Waals surface area contributed by atoms with Crippen LogP contribution >= 0.6 is 11.6 Å². The third-order valence-electron chi connectivity index (χ3n) is 4.13. The number of rotatable bonds is 6. The van der Waals surface area contributed by atoms with E-state index in [2.05, 4.69) is 10.0 Å². The van der Waals surface area contributed by atoms with E-state index in [0.29, 0.717) is 0 Å². The van der Waals surface area contributed by atoms with E-state index < -0.39 is 15.9 Å². The lowest BCUT2D eigenvalue weighted by Gasteiger charge is -2.18. The van der Waals surface area contributed by atoms with Gasteiger partial charge in [0.1, 0.15) is 0 Å². The van der Waals surface area contributed by atoms with Gasteiger partial charge in [-0.1, -0.05) is 35.4 Å². The van der Waals surface area contributed by atoms with Gasteiger partial charge in [0.2, 0.25) is 10.0 Å². The summed E-state index contributed by atoms with van der Waals surface area (Å²) in [6.07, 6.45) is 0. The molecule has 0 heterocycles. The van der Waals surface area contributed by atoms with Gasteiger partial charge in [-0.25, -0.2) is 13.1 Å². The van der Waals surface area contributed by atoms with E-state index in [-0.39, 0.29) is 27.6 Å². The second-order valence-corrected chi connectivity index (χ2v) is 9.09. The molecule has 1 amide bonds. The number of aryl methyl sites for hydroxylation is 2. The molecular weight excluding hydrogens is 384 g/mol. The summed E-state index contributed by atoms with van der Waals surface area (Å²) in [5.74, 6) is -0.421. The summed E-state index contributed by atoms with van der Waals surface area (Å²) in [6, 6.07) is 9.65. The van der Waals surface area contributed by atoms with Crippen molar-refractivity contribution in [1.29, 1.82) is 0 Å². The van der Waals surface area contributed by atoms with Crippen molar-refractivity contribution < 1.29 is 13.2 Å². The Morgan fingerprint density at radius 3 is 2.33 bits per heavy atom. The number of hydrogen-bond acceptors (Lipinski definition) is 3. The fourth-order valence-corrected chi connectivity index (χ4v) is 4.28. The molecule has 2 aromatic carbocycles. The smallest absolute Gasteiger partial charge is 0.253 e. The average molecular weight is 409 g/mol. The predicted octanol–water partition coefficient (Wildman–Crippen LogP) is 4.13. The van der Waals surface area contributed by atoms with E-state index in [1.807, 2.05) is 39.0 Å². The third-order valence-corrected chi connectivity index (χ3v) is 6.12. The summed E-state index contributed by atoms with van der Waals surface area (Å²) in [5, 5.41) is 3.10. The van der Waals surface area contributed by atoms with Crippen LogP contribution in [0.15, 0.2) is 41.3 Å². The lowest BCUT2D eigenvalue weighted by atomic mass is 10.00. The van der Waals surface area contributed by atoms with Crippen molar-refractivity contribution in [3.8, 4) is 0 Å². The van der Waals surface area contributed by atoms with Gasteiger partial charge < -0.3 is 5.32 Å². The highest BCUT2D eigenvalue weighted by Crippen LogP contribution is 2.23. The zero-order valence-corrected chi connectivity index (χ0v) is 17.7. The van der Waals surface area contributed by atoms with Crippen molar-refractivity contribution in [2.75, 3.05) is 0 Å². The third kappa shape index (κ3) is 5.31. The standard InChI is InChI=1S/C20H25ClN2O3S/c1-12(2)23-27(25,26)16-8-9-19(21)18(11-16)20(24)22-15(5)17-10-13(3)6-7-14(17)4/h6-12,15,23H,1-5H3,(H,22,24). The van der Waals surface area contributed by atoms with Crippen LogP contribution in [0, 0.1) is 13.8 Å². The normalized spacial score (nSPS) is 12.9. The zero-order chi connectivity index (χ0) is 20.4. The summed E-state index contributed by atoms with van der Waals surface area (Å²) in [5.41, 5.74) is 3.30. The Morgan fingerprint density at radius 2 is 1.70 bits per heavy atom. The molecule has 0 aromatic heterocycles. The molecule has 0 aliphatic rings. The van der Waals surface area contributed by atoms with Crippen LogP contribution in [0.1, 0.15) is 53.9 Å². The highest BCUT2D eigenvalue weighted by atomic mass is 35.5. The molecule has 0 aliphatic heterocycles.